The van der Waals surface area contributed by atoms with E-state index in [1.54, 1.807) is 11.8 Å². The van der Waals surface area contributed by atoms with Gasteiger partial charge in [0, 0.05) is 15.1 Å². The fourth-order valence-electron chi connectivity index (χ4n) is 1.91. The Kier molecular flexibility index (Phi) is 6.17. The summed E-state index contributed by atoms with van der Waals surface area (Å²) in [5.41, 5.74) is 5.90. The van der Waals surface area contributed by atoms with Crippen LogP contribution in [-0.2, 0) is 6.18 Å². The maximum absolute atomic E-state index is 12.7. The van der Waals surface area contributed by atoms with Crippen molar-refractivity contribution < 1.29 is 13.2 Å². The highest BCUT2D eigenvalue weighted by Crippen LogP contribution is 2.32. The molecule has 0 saturated heterocycles. The number of benzene rings is 2. The normalized spacial score (nSPS) is 12.3. The summed E-state index contributed by atoms with van der Waals surface area (Å²) in [5.74, 6) is 0.927. The molecule has 0 saturated carbocycles. The predicted molar refractivity (Wildman–Crippen MR) is 96.9 cm³/mol. The summed E-state index contributed by atoms with van der Waals surface area (Å²) in [6.45, 7) is 2.04. The Balaban J connectivity index is 2.22. The Morgan fingerprint density at radius 2 is 2.00 bits per heavy atom. The molecular weight excluding hydrogens is 403 g/mol. The fourth-order valence-corrected chi connectivity index (χ4v) is 2.94. The maximum atomic E-state index is 12.7. The Morgan fingerprint density at radius 3 is 2.67 bits per heavy atom. The van der Waals surface area contributed by atoms with Crippen LogP contribution in [0.3, 0.4) is 0 Å². The third-order valence-corrected chi connectivity index (χ3v) is 4.48. The third-order valence-electron chi connectivity index (χ3n) is 2.93. The molecule has 2 aromatic carbocycles. The van der Waals surface area contributed by atoms with Crippen molar-refractivity contribution >= 4 is 45.0 Å². The van der Waals surface area contributed by atoms with Crippen molar-refractivity contribution in [3.63, 3.8) is 0 Å². The first-order valence-electron chi connectivity index (χ1n) is 7.00. The van der Waals surface area contributed by atoms with E-state index in [4.69, 9.17) is 5.73 Å². The number of rotatable bonds is 4. The number of nitrogens with one attached hydrogen (secondary N) is 1. The average molecular weight is 418 g/mol. The topological polar surface area (TPSA) is 50.4 Å². The van der Waals surface area contributed by atoms with E-state index in [2.05, 4.69) is 26.2 Å². The fraction of sp³-hybridized carbons (Fsp3) is 0.188. The first-order valence-corrected chi connectivity index (χ1v) is 8.78. The highest BCUT2D eigenvalue weighted by molar-refractivity contribution is 9.10. The van der Waals surface area contributed by atoms with Crippen LogP contribution in [0.4, 0.5) is 24.5 Å². The molecule has 0 spiro atoms. The lowest BCUT2D eigenvalue weighted by atomic mass is 10.2. The zero-order valence-electron chi connectivity index (χ0n) is 12.7. The first-order chi connectivity index (χ1) is 11.3. The van der Waals surface area contributed by atoms with Crippen LogP contribution in [0.2, 0.25) is 0 Å². The van der Waals surface area contributed by atoms with E-state index < -0.39 is 11.7 Å². The molecule has 0 heterocycles. The lowest BCUT2D eigenvalue weighted by molar-refractivity contribution is -0.137. The van der Waals surface area contributed by atoms with Gasteiger partial charge in [-0.05, 0) is 58.1 Å². The van der Waals surface area contributed by atoms with E-state index >= 15 is 0 Å². The second kappa shape index (κ2) is 7.94. The summed E-state index contributed by atoms with van der Waals surface area (Å²) in [4.78, 5) is 5.26. The van der Waals surface area contributed by atoms with Gasteiger partial charge in [-0.2, -0.15) is 13.2 Å². The van der Waals surface area contributed by atoms with Crippen molar-refractivity contribution in [2.24, 2.45) is 10.7 Å². The number of hydrogen-bond donors (Lipinski definition) is 2. The number of nitrogens with two attached hydrogens (primary N) is 1. The van der Waals surface area contributed by atoms with Gasteiger partial charge in [-0.3, -0.25) is 0 Å². The molecule has 0 bridgehead atoms. The van der Waals surface area contributed by atoms with Gasteiger partial charge in [0.2, 0.25) is 0 Å². The summed E-state index contributed by atoms with van der Waals surface area (Å²) in [6.07, 6.45) is -4.40. The van der Waals surface area contributed by atoms with Crippen LogP contribution < -0.4 is 11.1 Å². The highest BCUT2D eigenvalue weighted by atomic mass is 79.9. The second-order valence-corrected chi connectivity index (χ2v) is 6.94. The first kappa shape index (κ1) is 18.7. The Morgan fingerprint density at radius 1 is 1.25 bits per heavy atom. The number of halogens is 4. The molecule has 0 fully saturated rings. The highest BCUT2D eigenvalue weighted by Gasteiger charge is 2.30. The molecular formula is C16H15BrF3N3S. The molecule has 0 aliphatic rings. The molecule has 2 aromatic rings. The van der Waals surface area contributed by atoms with Gasteiger partial charge in [0.1, 0.15) is 0 Å². The predicted octanol–water partition coefficient (Wildman–Crippen LogP) is 5.64. The summed E-state index contributed by atoms with van der Waals surface area (Å²) in [6, 6.07) is 10.5. The number of anilines is 1. The summed E-state index contributed by atoms with van der Waals surface area (Å²) in [7, 11) is 0. The summed E-state index contributed by atoms with van der Waals surface area (Å²) in [5, 5.41) is 2.68. The van der Waals surface area contributed by atoms with E-state index in [0.717, 1.165) is 27.3 Å². The number of guanidine groups is 1. The number of nitrogens with zero attached hydrogens (tertiary/aromatic N) is 1. The van der Waals surface area contributed by atoms with E-state index in [0.29, 0.717) is 5.69 Å². The lowest BCUT2D eigenvalue weighted by Crippen LogP contribution is -2.22. The van der Waals surface area contributed by atoms with Crippen molar-refractivity contribution in [3.8, 4) is 0 Å². The molecule has 128 valence electrons. The molecule has 2 rings (SSSR count). The van der Waals surface area contributed by atoms with Crippen LogP contribution in [0.15, 0.2) is 56.8 Å². The molecule has 0 radical (unpaired) electrons. The van der Waals surface area contributed by atoms with Crippen LogP contribution in [0, 0.1) is 0 Å². The Hall–Kier alpha value is -1.67. The minimum Gasteiger partial charge on any atom is -0.369 e. The zero-order chi connectivity index (χ0) is 17.7. The molecule has 0 unspecified atom stereocenters. The number of thioether (sulfide) groups is 1. The van der Waals surface area contributed by atoms with Crippen molar-refractivity contribution in [2.45, 2.75) is 18.0 Å². The molecule has 8 heteroatoms. The van der Waals surface area contributed by atoms with Crippen LogP contribution in [0.25, 0.3) is 0 Å². The smallest absolute Gasteiger partial charge is 0.369 e. The Labute approximate surface area is 150 Å². The van der Waals surface area contributed by atoms with Crippen LogP contribution >= 0.6 is 27.7 Å². The monoisotopic (exact) mass is 417 g/mol. The molecule has 0 aliphatic carbocycles. The van der Waals surface area contributed by atoms with E-state index in [1.807, 2.05) is 25.1 Å². The Bertz CT molecular complexity index is 748. The molecule has 3 nitrogen and oxygen atoms in total. The largest absolute Gasteiger partial charge is 0.416 e. The van der Waals surface area contributed by atoms with Crippen LogP contribution in [0.1, 0.15) is 12.5 Å². The van der Waals surface area contributed by atoms with Gasteiger partial charge in [0.15, 0.2) is 5.96 Å². The van der Waals surface area contributed by atoms with Gasteiger partial charge in [0.25, 0.3) is 0 Å². The van der Waals surface area contributed by atoms with E-state index in [1.165, 1.54) is 12.1 Å². The van der Waals surface area contributed by atoms with Crippen LogP contribution in [0.5, 0.6) is 0 Å². The number of aliphatic imine (C=N–C) groups is 1. The van der Waals surface area contributed by atoms with Gasteiger partial charge in [-0.15, -0.1) is 11.8 Å². The van der Waals surface area contributed by atoms with Gasteiger partial charge in [0.05, 0.1) is 11.3 Å². The number of hydrogen-bond acceptors (Lipinski definition) is 2. The molecule has 0 aromatic heterocycles. The van der Waals surface area contributed by atoms with Gasteiger partial charge < -0.3 is 11.1 Å². The average Bonchev–Trinajstić information content (AvgIpc) is 2.50. The third kappa shape index (κ3) is 5.17. The van der Waals surface area contributed by atoms with Crippen LogP contribution in [-0.4, -0.2) is 11.7 Å². The van der Waals surface area contributed by atoms with E-state index in [-0.39, 0.29) is 11.6 Å². The summed E-state index contributed by atoms with van der Waals surface area (Å²) < 4.78 is 38.9. The molecule has 0 amide bonds. The molecule has 0 atom stereocenters. The minimum absolute atomic E-state index is 0.00803. The van der Waals surface area contributed by atoms with Gasteiger partial charge >= 0.3 is 6.18 Å². The maximum Gasteiger partial charge on any atom is 0.416 e. The number of alkyl halides is 3. The minimum atomic E-state index is -4.40. The van der Waals surface area contributed by atoms with Crippen molar-refractivity contribution in [2.75, 3.05) is 11.1 Å². The summed E-state index contributed by atoms with van der Waals surface area (Å²) >= 11 is 5.04. The van der Waals surface area contributed by atoms with Gasteiger partial charge in [-0.1, -0.05) is 13.0 Å². The molecule has 24 heavy (non-hydrogen) atoms. The zero-order valence-corrected chi connectivity index (χ0v) is 15.1. The SMILES string of the molecule is CCSc1ccc(Br)c(N=C(N)Nc2cccc(C(F)(F)F)c2)c1. The lowest BCUT2D eigenvalue weighted by Gasteiger charge is -2.10. The van der Waals surface area contributed by atoms with Crippen molar-refractivity contribution in [1.29, 1.82) is 0 Å². The second-order valence-electron chi connectivity index (χ2n) is 4.75. The van der Waals surface area contributed by atoms with Gasteiger partial charge in [-0.25, -0.2) is 4.99 Å². The molecule has 3 N–H and O–H groups in total. The van der Waals surface area contributed by atoms with E-state index in [9.17, 15) is 13.2 Å². The quantitative estimate of drug-likeness (QED) is 0.384. The molecule has 0 aliphatic heterocycles. The standard InChI is InChI=1S/C16H15BrF3N3S/c1-2-24-12-6-7-13(17)14(9-12)23-15(21)22-11-5-3-4-10(8-11)16(18,19)20/h3-9H,2H2,1H3,(H3,21,22,23). The van der Waals surface area contributed by atoms with Crippen molar-refractivity contribution in [3.05, 3.63) is 52.5 Å². The van der Waals surface area contributed by atoms with Crippen molar-refractivity contribution in [1.82, 2.24) is 0 Å².